The van der Waals surface area contributed by atoms with Crippen LogP contribution in [0, 0.1) is 17.8 Å². The number of likely N-dealkylation sites (tertiary alicyclic amines) is 2. The SMILES string of the molecule is C[C@H]1CCCN(C(=O)C2CC[NH+](C[C@H]3CC=CCC3)CC2)C1. The number of carbonyl (C=O) groups is 1. The fourth-order valence-electron chi connectivity index (χ4n) is 4.57. The lowest BCUT2D eigenvalue weighted by molar-refractivity contribution is -0.909. The first kappa shape index (κ1) is 16.0. The van der Waals surface area contributed by atoms with Crippen LogP contribution in [-0.2, 0) is 4.79 Å². The summed E-state index contributed by atoms with van der Waals surface area (Å²) in [6, 6.07) is 0. The lowest BCUT2D eigenvalue weighted by Crippen LogP contribution is -3.13. The zero-order valence-corrected chi connectivity index (χ0v) is 14.2. The Morgan fingerprint density at radius 1 is 1.18 bits per heavy atom. The average Bonchev–Trinajstić information content (AvgIpc) is 2.56. The number of allylic oxidation sites excluding steroid dienone is 2. The van der Waals surface area contributed by atoms with E-state index in [0.29, 0.717) is 17.7 Å². The van der Waals surface area contributed by atoms with E-state index in [4.69, 9.17) is 0 Å². The second kappa shape index (κ2) is 7.63. The van der Waals surface area contributed by atoms with Crippen molar-refractivity contribution in [1.29, 1.82) is 0 Å². The molecule has 0 aromatic heterocycles. The van der Waals surface area contributed by atoms with Crippen LogP contribution in [0.4, 0.5) is 0 Å². The second-order valence-corrected chi connectivity index (χ2v) is 7.91. The normalized spacial score (nSPS) is 36.3. The first-order valence-corrected chi connectivity index (χ1v) is 9.49. The summed E-state index contributed by atoms with van der Waals surface area (Å²) in [4.78, 5) is 16.6. The van der Waals surface area contributed by atoms with E-state index in [1.165, 1.54) is 51.7 Å². The highest BCUT2D eigenvalue weighted by atomic mass is 16.2. The zero-order chi connectivity index (χ0) is 15.4. The first-order valence-electron chi connectivity index (χ1n) is 9.49. The molecule has 0 spiro atoms. The molecule has 3 heteroatoms. The Bertz CT molecular complexity index is 398. The summed E-state index contributed by atoms with van der Waals surface area (Å²) in [5, 5.41) is 0. The summed E-state index contributed by atoms with van der Waals surface area (Å²) in [5.41, 5.74) is 0. The molecule has 1 amide bonds. The molecule has 2 heterocycles. The molecule has 2 fully saturated rings. The number of quaternary nitrogens is 1. The number of amides is 1. The molecule has 22 heavy (non-hydrogen) atoms. The van der Waals surface area contributed by atoms with Crippen molar-refractivity contribution in [3.05, 3.63) is 12.2 Å². The van der Waals surface area contributed by atoms with E-state index in [2.05, 4.69) is 24.0 Å². The highest BCUT2D eigenvalue weighted by molar-refractivity contribution is 5.79. The van der Waals surface area contributed by atoms with Crippen LogP contribution in [0.15, 0.2) is 12.2 Å². The molecule has 124 valence electrons. The van der Waals surface area contributed by atoms with Gasteiger partial charge in [0.25, 0.3) is 0 Å². The van der Waals surface area contributed by atoms with Gasteiger partial charge in [-0.1, -0.05) is 19.1 Å². The molecule has 0 radical (unpaired) electrons. The number of rotatable bonds is 3. The van der Waals surface area contributed by atoms with Crippen molar-refractivity contribution < 1.29 is 9.69 Å². The van der Waals surface area contributed by atoms with Crippen LogP contribution in [0.3, 0.4) is 0 Å². The van der Waals surface area contributed by atoms with Crippen LogP contribution in [-0.4, -0.2) is 43.5 Å². The lowest BCUT2D eigenvalue weighted by atomic mass is 9.90. The zero-order valence-electron chi connectivity index (χ0n) is 14.2. The van der Waals surface area contributed by atoms with Gasteiger partial charge in [0.05, 0.1) is 19.6 Å². The summed E-state index contributed by atoms with van der Waals surface area (Å²) in [6.45, 7) is 8.03. The van der Waals surface area contributed by atoms with Gasteiger partial charge in [0, 0.05) is 37.8 Å². The van der Waals surface area contributed by atoms with Crippen LogP contribution >= 0.6 is 0 Å². The number of piperidine rings is 2. The predicted octanol–water partition coefficient (Wildman–Crippen LogP) is 1.90. The van der Waals surface area contributed by atoms with E-state index in [0.717, 1.165) is 31.8 Å². The third-order valence-corrected chi connectivity index (χ3v) is 5.97. The van der Waals surface area contributed by atoms with E-state index in [9.17, 15) is 4.79 Å². The van der Waals surface area contributed by atoms with Gasteiger partial charge in [-0.2, -0.15) is 0 Å². The topological polar surface area (TPSA) is 24.8 Å². The third-order valence-electron chi connectivity index (χ3n) is 5.97. The number of carbonyl (C=O) groups excluding carboxylic acids is 1. The predicted molar refractivity (Wildman–Crippen MR) is 89.7 cm³/mol. The van der Waals surface area contributed by atoms with Crippen molar-refractivity contribution in [1.82, 2.24) is 4.90 Å². The highest BCUT2D eigenvalue weighted by Crippen LogP contribution is 2.21. The van der Waals surface area contributed by atoms with Gasteiger partial charge in [0.1, 0.15) is 0 Å². The Hall–Kier alpha value is -0.830. The fraction of sp³-hybridized carbons (Fsp3) is 0.842. The molecular weight excluding hydrogens is 272 g/mol. The minimum Gasteiger partial charge on any atom is -0.342 e. The molecule has 2 aliphatic heterocycles. The Labute approximate surface area is 135 Å². The van der Waals surface area contributed by atoms with Gasteiger partial charge in [-0.3, -0.25) is 4.79 Å². The standard InChI is InChI=1S/C19H32N2O/c1-16-6-5-11-21(14-16)19(22)18-9-12-20(13-10-18)15-17-7-3-2-4-8-17/h2-3,16-18H,4-15H2,1H3/p+1/t16-,17-/m0/s1. The molecule has 3 nitrogen and oxygen atoms in total. The highest BCUT2D eigenvalue weighted by Gasteiger charge is 2.32. The molecule has 2 atom stereocenters. The van der Waals surface area contributed by atoms with Gasteiger partial charge in [0.15, 0.2) is 0 Å². The van der Waals surface area contributed by atoms with Crippen LogP contribution in [0.2, 0.25) is 0 Å². The van der Waals surface area contributed by atoms with E-state index in [1.807, 2.05) is 0 Å². The Balaban J connectivity index is 1.42. The Morgan fingerprint density at radius 2 is 2.00 bits per heavy atom. The van der Waals surface area contributed by atoms with Crippen molar-refractivity contribution in [3.63, 3.8) is 0 Å². The maximum Gasteiger partial charge on any atom is 0.226 e. The molecule has 0 bridgehead atoms. The molecule has 2 saturated heterocycles. The summed E-state index contributed by atoms with van der Waals surface area (Å²) < 4.78 is 0. The molecule has 3 rings (SSSR count). The van der Waals surface area contributed by atoms with Crippen LogP contribution in [0.5, 0.6) is 0 Å². The van der Waals surface area contributed by atoms with Crippen LogP contribution in [0.25, 0.3) is 0 Å². The van der Waals surface area contributed by atoms with Crippen molar-refractivity contribution in [2.75, 3.05) is 32.7 Å². The molecule has 1 N–H and O–H groups in total. The van der Waals surface area contributed by atoms with Gasteiger partial charge < -0.3 is 9.80 Å². The average molecular weight is 305 g/mol. The second-order valence-electron chi connectivity index (χ2n) is 7.91. The van der Waals surface area contributed by atoms with Gasteiger partial charge in [-0.25, -0.2) is 0 Å². The van der Waals surface area contributed by atoms with Crippen molar-refractivity contribution in [2.45, 2.75) is 51.9 Å². The summed E-state index contributed by atoms with van der Waals surface area (Å²) in [7, 11) is 0. The Kier molecular flexibility index (Phi) is 5.56. The van der Waals surface area contributed by atoms with E-state index in [-0.39, 0.29) is 0 Å². The quantitative estimate of drug-likeness (QED) is 0.792. The smallest absolute Gasteiger partial charge is 0.226 e. The largest absolute Gasteiger partial charge is 0.342 e. The van der Waals surface area contributed by atoms with E-state index in [1.54, 1.807) is 4.90 Å². The van der Waals surface area contributed by atoms with Gasteiger partial charge in [-0.05, 0) is 38.0 Å². The number of hydrogen-bond donors (Lipinski definition) is 1. The van der Waals surface area contributed by atoms with Crippen LogP contribution in [0.1, 0.15) is 51.9 Å². The van der Waals surface area contributed by atoms with Gasteiger partial charge >= 0.3 is 0 Å². The summed E-state index contributed by atoms with van der Waals surface area (Å²) in [6.07, 6.45) is 13.3. The number of hydrogen-bond acceptors (Lipinski definition) is 1. The van der Waals surface area contributed by atoms with Crippen molar-refractivity contribution in [3.8, 4) is 0 Å². The van der Waals surface area contributed by atoms with Gasteiger partial charge in [0.2, 0.25) is 5.91 Å². The molecular formula is C19H33N2O+. The molecule has 0 aromatic rings. The summed E-state index contributed by atoms with van der Waals surface area (Å²) >= 11 is 0. The Morgan fingerprint density at radius 3 is 2.68 bits per heavy atom. The minimum atomic E-state index is 0.320. The third kappa shape index (κ3) is 4.13. The number of nitrogens with zero attached hydrogens (tertiary/aromatic N) is 1. The molecule has 1 aliphatic carbocycles. The monoisotopic (exact) mass is 305 g/mol. The maximum atomic E-state index is 12.7. The molecule has 0 aromatic carbocycles. The molecule has 0 saturated carbocycles. The number of nitrogens with one attached hydrogen (secondary N) is 1. The van der Waals surface area contributed by atoms with Crippen molar-refractivity contribution >= 4 is 5.91 Å². The molecule has 0 unspecified atom stereocenters. The van der Waals surface area contributed by atoms with Crippen LogP contribution < -0.4 is 4.90 Å². The van der Waals surface area contributed by atoms with E-state index < -0.39 is 0 Å². The lowest BCUT2D eigenvalue weighted by Gasteiger charge is -2.36. The van der Waals surface area contributed by atoms with Crippen molar-refractivity contribution in [2.24, 2.45) is 17.8 Å². The van der Waals surface area contributed by atoms with Gasteiger partial charge in [-0.15, -0.1) is 0 Å². The fourth-order valence-corrected chi connectivity index (χ4v) is 4.57. The first-order chi connectivity index (χ1) is 10.7. The summed E-state index contributed by atoms with van der Waals surface area (Å²) in [5.74, 6) is 2.37. The maximum absolute atomic E-state index is 12.7. The van der Waals surface area contributed by atoms with E-state index >= 15 is 0 Å². The minimum absolute atomic E-state index is 0.320. The molecule has 3 aliphatic rings.